The lowest BCUT2D eigenvalue weighted by Gasteiger charge is -2.08. The van der Waals surface area contributed by atoms with E-state index in [1.165, 1.54) is 18.3 Å². The van der Waals surface area contributed by atoms with E-state index in [-0.39, 0.29) is 28.2 Å². The summed E-state index contributed by atoms with van der Waals surface area (Å²) in [5, 5.41) is 16.5. The number of carbonyl (C=O) groups excluding carboxylic acids is 1. The number of hydrogen-bond acceptors (Lipinski definition) is 4. The minimum absolute atomic E-state index is 0.0879. The number of nitrogens with zero attached hydrogens (tertiary/aromatic N) is 1. The van der Waals surface area contributed by atoms with E-state index in [1.807, 2.05) is 24.3 Å². The van der Waals surface area contributed by atoms with Gasteiger partial charge in [0.2, 0.25) is 0 Å². The van der Waals surface area contributed by atoms with Crippen LogP contribution in [0.1, 0.15) is 5.56 Å². The Kier molecular flexibility index (Phi) is 6.06. The van der Waals surface area contributed by atoms with Gasteiger partial charge in [0.05, 0.1) is 21.3 Å². The zero-order chi connectivity index (χ0) is 19.4. The van der Waals surface area contributed by atoms with Crippen molar-refractivity contribution in [2.75, 3.05) is 6.61 Å². The van der Waals surface area contributed by atoms with Gasteiger partial charge < -0.3 is 9.84 Å². The number of carbonyl (C=O) groups is 1. The lowest BCUT2D eigenvalue weighted by atomic mass is 10.1. The number of hydrazone groups is 1. The van der Waals surface area contributed by atoms with Crippen LogP contribution in [0.3, 0.4) is 0 Å². The van der Waals surface area contributed by atoms with E-state index in [9.17, 15) is 9.90 Å². The minimum atomic E-state index is -0.506. The first-order chi connectivity index (χ1) is 13.0. The van der Waals surface area contributed by atoms with Crippen LogP contribution in [-0.4, -0.2) is 23.8 Å². The number of aromatic hydroxyl groups is 1. The van der Waals surface area contributed by atoms with Crippen LogP contribution in [0.25, 0.3) is 10.8 Å². The number of fused-ring (bicyclic) bond motifs is 1. The summed E-state index contributed by atoms with van der Waals surface area (Å²) in [6.45, 7) is -0.321. The van der Waals surface area contributed by atoms with Gasteiger partial charge in [-0.05, 0) is 17.5 Å². The number of hydrogen-bond donors (Lipinski definition) is 2. The van der Waals surface area contributed by atoms with Crippen LogP contribution in [0.15, 0.2) is 53.6 Å². The van der Waals surface area contributed by atoms with Gasteiger partial charge in [-0.25, -0.2) is 5.43 Å². The molecule has 0 aliphatic carbocycles. The standard InChI is InChI=1S/C19H13Cl3N2O3/c20-14-7-16(22)17(8-15(14)21)27-10-18(25)24-23-9-12-6-5-11-3-1-2-4-13(11)19(12)26/h1-9,26H,10H2,(H,24,25). The number of nitrogens with one attached hydrogen (secondary N) is 1. The predicted octanol–water partition coefficient (Wildman–Crippen LogP) is 5.03. The summed E-state index contributed by atoms with van der Waals surface area (Å²) in [5.74, 6) is -0.184. The molecule has 0 fully saturated rings. The number of rotatable bonds is 5. The maximum absolute atomic E-state index is 11.9. The number of benzene rings is 3. The molecule has 27 heavy (non-hydrogen) atoms. The number of amides is 1. The van der Waals surface area contributed by atoms with Crippen molar-refractivity contribution < 1.29 is 14.6 Å². The van der Waals surface area contributed by atoms with E-state index in [0.717, 1.165) is 5.39 Å². The smallest absolute Gasteiger partial charge is 0.277 e. The molecule has 0 bridgehead atoms. The van der Waals surface area contributed by atoms with Crippen molar-refractivity contribution in [2.24, 2.45) is 5.10 Å². The van der Waals surface area contributed by atoms with Gasteiger partial charge in [0.25, 0.3) is 5.91 Å². The number of phenols is 1. The monoisotopic (exact) mass is 422 g/mol. The van der Waals surface area contributed by atoms with Crippen LogP contribution in [-0.2, 0) is 4.79 Å². The van der Waals surface area contributed by atoms with Gasteiger partial charge in [-0.2, -0.15) is 5.10 Å². The zero-order valence-electron chi connectivity index (χ0n) is 13.7. The van der Waals surface area contributed by atoms with E-state index in [0.29, 0.717) is 16.0 Å². The summed E-state index contributed by atoms with van der Waals surface area (Å²) in [5.41, 5.74) is 2.79. The van der Waals surface area contributed by atoms with Gasteiger partial charge in [0.15, 0.2) is 6.61 Å². The fourth-order valence-electron chi connectivity index (χ4n) is 2.34. The van der Waals surface area contributed by atoms with Crippen molar-refractivity contribution in [2.45, 2.75) is 0 Å². The van der Waals surface area contributed by atoms with Crippen molar-refractivity contribution in [1.29, 1.82) is 0 Å². The van der Waals surface area contributed by atoms with E-state index >= 15 is 0 Å². The Morgan fingerprint density at radius 3 is 2.63 bits per heavy atom. The Bertz CT molecular complexity index is 1040. The summed E-state index contributed by atoms with van der Waals surface area (Å²) in [6, 6.07) is 13.8. The molecule has 2 N–H and O–H groups in total. The zero-order valence-corrected chi connectivity index (χ0v) is 16.0. The third kappa shape index (κ3) is 4.63. The largest absolute Gasteiger partial charge is 0.507 e. The third-order valence-corrected chi connectivity index (χ3v) is 4.68. The second-order valence-corrected chi connectivity index (χ2v) is 6.72. The molecule has 1 amide bonds. The van der Waals surface area contributed by atoms with Gasteiger partial charge in [0, 0.05) is 17.0 Å². The van der Waals surface area contributed by atoms with Crippen LogP contribution in [0.4, 0.5) is 0 Å². The Balaban J connectivity index is 1.61. The highest BCUT2D eigenvalue weighted by Crippen LogP contribution is 2.33. The Hall–Kier alpha value is -2.47. The minimum Gasteiger partial charge on any atom is -0.507 e. The summed E-state index contributed by atoms with van der Waals surface area (Å²) in [4.78, 5) is 11.9. The molecule has 0 radical (unpaired) electrons. The van der Waals surface area contributed by atoms with Gasteiger partial charge in [-0.1, -0.05) is 65.1 Å². The molecule has 3 rings (SSSR count). The molecule has 3 aromatic rings. The molecule has 3 aromatic carbocycles. The van der Waals surface area contributed by atoms with Crippen molar-refractivity contribution in [3.8, 4) is 11.5 Å². The van der Waals surface area contributed by atoms with Gasteiger partial charge in [0.1, 0.15) is 11.5 Å². The maximum Gasteiger partial charge on any atom is 0.277 e. The molecule has 0 atom stereocenters. The second kappa shape index (κ2) is 8.48. The molecule has 0 saturated heterocycles. The van der Waals surface area contributed by atoms with Crippen LogP contribution >= 0.6 is 34.8 Å². The van der Waals surface area contributed by atoms with Gasteiger partial charge in [-0.15, -0.1) is 0 Å². The summed E-state index contributed by atoms with van der Waals surface area (Å²) >= 11 is 17.7. The average Bonchev–Trinajstić information content (AvgIpc) is 2.65. The quantitative estimate of drug-likeness (QED) is 0.343. The number of ether oxygens (including phenoxy) is 1. The van der Waals surface area contributed by atoms with E-state index in [4.69, 9.17) is 39.5 Å². The highest BCUT2D eigenvalue weighted by atomic mass is 35.5. The van der Waals surface area contributed by atoms with Gasteiger partial charge >= 0.3 is 0 Å². The van der Waals surface area contributed by atoms with Crippen LogP contribution in [0, 0.1) is 0 Å². The third-order valence-electron chi connectivity index (χ3n) is 3.66. The lowest BCUT2D eigenvalue weighted by molar-refractivity contribution is -0.123. The van der Waals surface area contributed by atoms with Crippen LogP contribution < -0.4 is 10.2 Å². The fraction of sp³-hybridized carbons (Fsp3) is 0.0526. The topological polar surface area (TPSA) is 70.9 Å². The van der Waals surface area contributed by atoms with Crippen molar-refractivity contribution in [3.63, 3.8) is 0 Å². The van der Waals surface area contributed by atoms with E-state index in [1.54, 1.807) is 12.1 Å². The fourth-order valence-corrected chi connectivity index (χ4v) is 2.93. The summed E-state index contributed by atoms with van der Waals surface area (Å²) < 4.78 is 5.31. The molecule has 0 saturated carbocycles. The highest BCUT2D eigenvalue weighted by Gasteiger charge is 2.09. The normalized spacial score (nSPS) is 11.1. The second-order valence-electron chi connectivity index (χ2n) is 5.50. The molecule has 0 unspecified atom stereocenters. The maximum atomic E-state index is 11.9. The average molecular weight is 424 g/mol. The van der Waals surface area contributed by atoms with E-state index < -0.39 is 5.91 Å². The predicted molar refractivity (Wildman–Crippen MR) is 108 cm³/mol. The van der Waals surface area contributed by atoms with Crippen LogP contribution in [0.2, 0.25) is 15.1 Å². The first-order valence-corrected chi connectivity index (χ1v) is 8.89. The molecule has 0 aliphatic heterocycles. The summed E-state index contributed by atoms with van der Waals surface area (Å²) in [6.07, 6.45) is 1.35. The molecule has 0 heterocycles. The highest BCUT2D eigenvalue weighted by molar-refractivity contribution is 6.43. The number of phenolic OH excluding ortho intramolecular Hbond substituents is 1. The van der Waals surface area contributed by atoms with Crippen LogP contribution in [0.5, 0.6) is 11.5 Å². The van der Waals surface area contributed by atoms with Crippen molar-refractivity contribution >= 4 is 57.7 Å². The van der Waals surface area contributed by atoms with E-state index in [2.05, 4.69) is 10.5 Å². The molecule has 8 heteroatoms. The molecule has 5 nitrogen and oxygen atoms in total. The Morgan fingerprint density at radius 1 is 1.07 bits per heavy atom. The Morgan fingerprint density at radius 2 is 1.81 bits per heavy atom. The Labute approximate surface area is 170 Å². The summed E-state index contributed by atoms with van der Waals surface area (Å²) in [7, 11) is 0. The molecule has 0 spiro atoms. The molecular formula is C19H13Cl3N2O3. The van der Waals surface area contributed by atoms with Crippen molar-refractivity contribution in [1.82, 2.24) is 5.43 Å². The number of halogens is 3. The molecule has 0 aliphatic rings. The molecular weight excluding hydrogens is 411 g/mol. The molecule has 0 aromatic heterocycles. The SMILES string of the molecule is O=C(COc1cc(Cl)c(Cl)cc1Cl)NN=Cc1ccc2ccccc2c1O. The lowest BCUT2D eigenvalue weighted by Crippen LogP contribution is -2.24. The molecule has 138 valence electrons. The van der Waals surface area contributed by atoms with Gasteiger partial charge in [-0.3, -0.25) is 4.79 Å². The van der Waals surface area contributed by atoms with Crippen molar-refractivity contribution in [3.05, 3.63) is 69.2 Å². The first kappa shape index (κ1) is 19.3. The first-order valence-electron chi connectivity index (χ1n) is 7.75.